The van der Waals surface area contributed by atoms with Gasteiger partial charge in [0.25, 0.3) is 0 Å². The van der Waals surface area contributed by atoms with Crippen molar-refractivity contribution in [2.75, 3.05) is 0 Å². The molecule has 90 valence electrons. The maximum atomic E-state index is 10.4. The third-order valence-electron chi connectivity index (χ3n) is 2.53. The second kappa shape index (κ2) is 4.72. The minimum Gasteiger partial charge on any atom is -0.385 e. The first-order chi connectivity index (χ1) is 7.97. The van der Waals surface area contributed by atoms with E-state index in [1.807, 2.05) is 19.1 Å². The van der Waals surface area contributed by atoms with E-state index in [1.165, 1.54) is 11.3 Å². The van der Waals surface area contributed by atoms with Crippen LogP contribution in [0.25, 0.3) is 0 Å². The third-order valence-corrected chi connectivity index (χ3v) is 3.62. The second-order valence-corrected chi connectivity index (χ2v) is 5.87. The van der Waals surface area contributed by atoms with E-state index in [4.69, 9.17) is 11.6 Å². The van der Waals surface area contributed by atoms with E-state index in [0.29, 0.717) is 11.4 Å². The molecule has 5 heteroatoms. The third kappa shape index (κ3) is 3.03. The molecule has 0 fully saturated rings. The Morgan fingerprint density at radius 2 is 1.94 bits per heavy atom. The predicted octanol–water partition coefficient (Wildman–Crippen LogP) is 2.95. The van der Waals surface area contributed by atoms with Gasteiger partial charge in [0.15, 0.2) is 0 Å². The molecule has 1 atom stereocenters. The summed E-state index contributed by atoms with van der Waals surface area (Å²) in [6.07, 6.45) is 0.458. The molecule has 17 heavy (non-hydrogen) atoms. The lowest BCUT2D eigenvalue weighted by Gasteiger charge is -2.22. The second-order valence-electron chi connectivity index (χ2n) is 4.17. The van der Waals surface area contributed by atoms with Gasteiger partial charge >= 0.3 is 0 Å². The lowest BCUT2D eigenvalue weighted by atomic mass is 9.93. The van der Waals surface area contributed by atoms with Gasteiger partial charge in [-0.05, 0) is 31.5 Å². The highest BCUT2D eigenvalue weighted by molar-refractivity contribution is 7.11. The lowest BCUT2D eigenvalue weighted by molar-refractivity contribution is 0.0574. The van der Waals surface area contributed by atoms with Crippen LogP contribution in [0.1, 0.15) is 22.5 Å². The highest BCUT2D eigenvalue weighted by Crippen LogP contribution is 2.27. The van der Waals surface area contributed by atoms with E-state index in [0.717, 1.165) is 15.6 Å². The minimum atomic E-state index is -0.948. The van der Waals surface area contributed by atoms with Gasteiger partial charge in [-0.3, -0.25) is 0 Å². The van der Waals surface area contributed by atoms with Crippen LogP contribution in [0, 0.1) is 6.92 Å². The van der Waals surface area contributed by atoms with Crippen LogP contribution in [0.2, 0.25) is 5.02 Å². The van der Waals surface area contributed by atoms with Crippen molar-refractivity contribution in [1.82, 2.24) is 10.2 Å². The molecular formula is C12H13ClN2OS. The van der Waals surface area contributed by atoms with E-state index < -0.39 is 5.60 Å². The summed E-state index contributed by atoms with van der Waals surface area (Å²) < 4.78 is 0. The maximum absolute atomic E-state index is 10.4. The van der Waals surface area contributed by atoms with Gasteiger partial charge in [0.2, 0.25) is 0 Å². The molecular weight excluding hydrogens is 256 g/mol. The zero-order valence-electron chi connectivity index (χ0n) is 9.64. The SMILES string of the molecule is Cc1nnc(CC(C)(O)c2ccc(Cl)cc2)s1. The number of hydrogen-bond donors (Lipinski definition) is 1. The molecule has 0 spiro atoms. The van der Waals surface area contributed by atoms with E-state index >= 15 is 0 Å². The molecule has 3 nitrogen and oxygen atoms in total. The first-order valence-electron chi connectivity index (χ1n) is 5.25. The van der Waals surface area contributed by atoms with Crippen molar-refractivity contribution < 1.29 is 5.11 Å². The number of aryl methyl sites for hydroxylation is 1. The Hall–Kier alpha value is -0.970. The normalized spacial score (nSPS) is 14.6. The number of rotatable bonds is 3. The van der Waals surface area contributed by atoms with Crippen LogP contribution in [0.15, 0.2) is 24.3 Å². The molecule has 0 aliphatic heterocycles. The average Bonchev–Trinajstić information content (AvgIpc) is 2.63. The molecule has 1 unspecified atom stereocenters. The zero-order valence-corrected chi connectivity index (χ0v) is 11.2. The van der Waals surface area contributed by atoms with Crippen molar-refractivity contribution in [3.63, 3.8) is 0 Å². The van der Waals surface area contributed by atoms with Crippen LogP contribution in [0.5, 0.6) is 0 Å². The van der Waals surface area contributed by atoms with Gasteiger partial charge in [-0.1, -0.05) is 23.7 Å². The van der Waals surface area contributed by atoms with E-state index in [1.54, 1.807) is 19.1 Å². The monoisotopic (exact) mass is 268 g/mol. The Kier molecular flexibility index (Phi) is 3.47. The fourth-order valence-electron chi connectivity index (χ4n) is 1.61. The Morgan fingerprint density at radius 1 is 1.29 bits per heavy atom. The zero-order chi connectivity index (χ0) is 12.5. The summed E-state index contributed by atoms with van der Waals surface area (Å²) in [5, 5.41) is 20.8. The lowest BCUT2D eigenvalue weighted by Crippen LogP contribution is -2.24. The van der Waals surface area contributed by atoms with Crippen molar-refractivity contribution >= 4 is 22.9 Å². The Balaban J connectivity index is 2.21. The smallest absolute Gasteiger partial charge is 0.120 e. The number of hydrogen-bond acceptors (Lipinski definition) is 4. The largest absolute Gasteiger partial charge is 0.385 e. The quantitative estimate of drug-likeness (QED) is 0.931. The first kappa shape index (κ1) is 12.5. The van der Waals surface area contributed by atoms with Gasteiger partial charge in [0, 0.05) is 11.4 Å². The van der Waals surface area contributed by atoms with Crippen LogP contribution in [0.3, 0.4) is 0 Å². The van der Waals surface area contributed by atoms with Crippen LogP contribution in [0.4, 0.5) is 0 Å². The van der Waals surface area contributed by atoms with Crippen molar-refractivity contribution in [3.8, 4) is 0 Å². The molecule has 0 aliphatic rings. The number of benzene rings is 1. The van der Waals surface area contributed by atoms with Gasteiger partial charge in [0.05, 0.1) is 5.60 Å². The standard InChI is InChI=1S/C12H13ClN2OS/c1-8-14-15-11(17-8)7-12(2,16)9-3-5-10(13)6-4-9/h3-6,16H,7H2,1-2H3. The first-order valence-corrected chi connectivity index (χ1v) is 6.44. The summed E-state index contributed by atoms with van der Waals surface area (Å²) >= 11 is 7.33. The van der Waals surface area contributed by atoms with Gasteiger partial charge in [-0.2, -0.15) is 0 Å². The molecule has 0 saturated carbocycles. The van der Waals surface area contributed by atoms with Crippen LogP contribution in [-0.4, -0.2) is 15.3 Å². The summed E-state index contributed by atoms with van der Waals surface area (Å²) in [4.78, 5) is 0. The summed E-state index contributed by atoms with van der Waals surface area (Å²) in [6.45, 7) is 3.67. The Bertz CT molecular complexity index is 507. The molecule has 2 aromatic rings. The minimum absolute atomic E-state index is 0.458. The van der Waals surface area contributed by atoms with Crippen molar-refractivity contribution in [2.24, 2.45) is 0 Å². The van der Waals surface area contributed by atoms with Gasteiger partial charge in [-0.15, -0.1) is 21.5 Å². The molecule has 2 rings (SSSR count). The molecule has 1 aromatic heterocycles. The predicted molar refractivity (Wildman–Crippen MR) is 69.4 cm³/mol. The van der Waals surface area contributed by atoms with Gasteiger partial charge in [-0.25, -0.2) is 0 Å². The highest BCUT2D eigenvalue weighted by atomic mass is 35.5. The molecule has 0 saturated heterocycles. The molecule has 0 amide bonds. The molecule has 0 bridgehead atoms. The van der Waals surface area contributed by atoms with E-state index in [9.17, 15) is 5.11 Å². The fourth-order valence-corrected chi connectivity index (χ4v) is 2.60. The number of nitrogens with zero attached hydrogens (tertiary/aromatic N) is 2. The molecule has 1 heterocycles. The van der Waals surface area contributed by atoms with Gasteiger partial charge < -0.3 is 5.11 Å². The average molecular weight is 269 g/mol. The van der Waals surface area contributed by atoms with Crippen molar-refractivity contribution in [2.45, 2.75) is 25.9 Å². The molecule has 0 aliphatic carbocycles. The van der Waals surface area contributed by atoms with Gasteiger partial charge in [0.1, 0.15) is 10.0 Å². The van der Waals surface area contributed by atoms with Crippen LogP contribution >= 0.6 is 22.9 Å². The number of aliphatic hydroxyl groups is 1. The van der Waals surface area contributed by atoms with E-state index in [2.05, 4.69) is 10.2 Å². The fraction of sp³-hybridized carbons (Fsp3) is 0.333. The Labute approximate surface area is 109 Å². The highest BCUT2D eigenvalue weighted by Gasteiger charge is 2.25. The molecule has 1 N–H and O–H groups in total. The number of halogens is 1. The summed E-state index contributed by atoms with van der Waals surface area (Å²) in [5.41, 5.74) is -0.119. The molecule has 0 radical (unpaired) electrons. The van der Waals surface area contributed by atoms with Crippen LogP contribution < -0.4 is 0 Å². The van der Waals surface area contributed by atoms with E-state index in [-0.39, 0.29) is 0 Å². The summed E-state index contributed by atoms with van der Waals surface area (Å²) in [5.74, 6) is 0. The summed E-state index contributed by atoms with van der Waals surface area (Å²) in [7, 11) is 0. The molecule has 1 aromatic carbocycles. The summed E-state index contributed by atoms with van der Waals surface area (Å²) in [6, 6.07) is 7.21. The van der Waals surface area contributed by atoms with Crippen LogP contribution in [-0.2, 0) is 12.0 Å². The van der Waals surface area contributed by atoms with Crippen molar-refractivity contribution in [3.05, 3.63) is 44.9 Å². The Morgan fingerprint density at radius 3 is 2.47 bits per heavy atom. The number of aromatic nitrogens is 2. The maximum Gasteiger partial charge on any atom is 0.120 e. The van der Waals surface area contributed by atoms with Crippen molar-refractivity contribution in [1.29, 1.82) is 0 Å². The topological polar surface area (TPSA) is 46.0 Å².